The van der Waals surface area contributed by atoms with Crippen LogP contribution in [0, 0.1) is 6.92 Å². The summed E-state index contributed by atoms with van der Waals surface area (Å²) in [6.45, 7) is 7.74. The van der Waals surface area contributed by atoms with E-state index < -0.39 is 0 Å². The molecule has 3 heterocycles. The molecule has 1 aliphatic heterocycles. The van der Waals surface area contributed by atoms with Crippen molar-refractivity contribution in [3.05, 3.63) is 42.1 Å². The summed E-state index contributed by atoms with van der Waals surface area (Å²) in [4.78, 5) is 26.9. The summed E-state index contributed by atoms with van der Waals surface area (Å²) < 4.78 is 0. The molecule has 1 aliphatic rings. The monoisotopic (exact) mass is 466 g/mol. The molecule has 0 bridgehead atoms. The van der Waals surface area contributed by atoms with E-state index in [-0.39, 0.29) is 5.91 Å². The van der Waals surface area contributed by atoms with Gasteiger partial charge in [0.1, 0.15) is 17.5 Å². The first kappa shape index (κ1) is 23.1. The summed E-state index contributed by atoms with van der Waals surface area (Å²) in [5.74, 6) is 2.42. The van der Waals surface area contributed by atoms with Crippen molar-refractivity contribution < 1.29 is 4.79 Å². The van der Waals surface area contributed by atoms with Crippen molar-refractivity contribution in [1.29, 1.82) is 0 Å². The number of carbonyl (C=O) groups is 1. The average Bonchev–Trinajstić information content (AvgIpc) is 3.08. The van der Waals surface area contributed by atoms with Gasteiger partial charge in [0, 0.05) is 48.8 Å². The number of nitrogens with zero attached hydrogens (tertiary/aromatic N) is 5. The molecule has 0 radical (unpaired) electrons. The Morgan fingerprint density at radius 3 is 2.67 bits per heavy atom. The Balaban J connectivity index is 1.57. The number of rotatable bonds is 7. The van der Waals surface area contributed by atoms with Crippen molar-refractivity contribution in [2.45, 2.75) is 36.7 Å². The van der Waals surface area contributed by atoms with Gasteiger partial charge in [-0.3, -0.25) is 9.89 Å². The van der Waals surface area contributed by atoms with E-state index in [0.29, 0.717) is 11.6 Å². The van der Waals surface area contributed by atoms with Crippen molar-refractivity contribution >= 4 is 40.8 Å². The fourth-order valence-electron chi connectivity index (χ4n) is 3.55. The minimum Gasteiger partial charge on any atom is -0.355 e. The number of likely N-dealkylation sites (N-methyl/N-ethyl adjacent to an activating group) is 1. The van der Waals surface area contributed by atoms with Crippen molar-refractivity contribution in [3.8, 4) is 0 Å². The van der Waals surface area contributed by atoms with Gasteiger partial charge in [-0.1, -0.05) is 6.92 Å². The molecule has 0 saturated carbocycles. The predicted octanol–water partition coefficient (Wildman–Crippen LogP) is 3.89. The highest BCUT2D eigenvalue weighted by molar-refractivity contribution is 7.99. The van der Waals surface area contributed by atoms with Gasteiger partial charge in [0.15, 0.2) is 5.16 Å². The lowest BCUT2D eigenvalue weighted by Crippen LogP contribution is -2.29. The third-order valence-electron chi connectivity index (χ3n) is 5.37. The summed E-state index contributed by atoms with van der Waals surface area (Å²) in [5, 5.41) is 14.0. The third kappa shape index (κ3) is 6.45. The molecule has 33 heavy (non-hydrogen) atoms. The molecule has 3 N–H and O–H groups in total. The number of aryl methyl sites for hydroxylation is 1. The zero-order valence-corrected chi connectivity index (χ0v) is 20.1. The molecular weight excluding hydrogens is 436 g/mol. The van der Waals surface area contributed by atoms with Gasteiger partial charge in [-0.25, -0.2) is 9.97 Å². The summed E-state index contributed by atoms with van der Waals surface area (Å²) in [6.07, 6.45) is 1.55. The standard InChI is InChI=1S/C23H30N8OS/c1-4-22(32)24-17-6-8-18(9-7-17)33-23-26-19(25-20-14-16(2)28-29-20)15-21(27-23)31-11-5-10-30(3)12-13-31/h6-9,14-15H,4-5,10-13H2,1-3H3,(H,24,32)(H2,25,26,27,28,29). The van der Waals surface area contributed by atoms with Crippen LogP contribution in [0.3, 0.4) is 0 Å². The van der Waals surface area contributed by atoms with Crippen LogP contribution in [-0.4, -0.2) is 64.2 Å². The van der Waals surface area contributed by atoms with Gasteiger partial charge in [0.05, 0.1) is 5.69 Å². The van der Waals surface area contributed by atoms with Crippen LogP contribution in [0.25, 0.3) is 0 Å². The Bertz CT molecular complexity index is 1080. The van der Waals surface area contributed by atoms with Crippen molar-refractivity contribution in [2.75, 3.05) is 48.8 Å². The summed E-state index contributed by atoms with van der Waals surface area (Å²) >= 11 is 1.50. The molecule has 9 nitrogen and oxygen atoms in total. The molecule has 4 rings (SSSR count). The molecule has 174 valence electrons. The molecule has 0 aliphatic carbocycles. The number of aromatic nitrogens is 4. The first-order valence-electron chi connectivity index (χ1n) is 11.2. The van der Waals surface area contributed by atoms with E-state index in [4.69, 9.17) is 9.97 Å². The summed E-state index contributed by atoms with van der Waals surface area (Å²) in [5.41, 5.74) is 1.69. The van der Waals surface area contributed by atoms with Gasteiger partial charge in [-0.05, 0) is 63.0 Å². The molecule has 0 spiro atoms. The number of hydrogen-bond acceptors (Lipinski definition) is 8. The fraction of sp³-hybridized carbons (Fsp3) is 0.391. The smallest absolute Gasteiger partial charge is 0.224 e. The van der Waals surface area contributed by atoms with Crippen LogP contribution in [0.2, 0.25) is 0 Å². The highest BCUT2D eigenvalue weighted by Crippen LogP contribution is 2.30. The van der Waals surface area contributed by atoms with E-state index in [1.165, 1.54) is 11.8 Å². The SMILES string of the molecule is CCC(=O)Nc1ccc(Sc2nc(Nc3cc(C)n[nH]3)cc(N3CCCN(C)CC3)n2)cc1. The number of anilines is 4. The van der Waals surface area contributed by atoms with Crippen LogP contribution in [0.4, 0.5) is 23.1 Å². The Morgan fingerprint density at radius 2 is 1.94 bits per heavy atom. The Morgan fingerprint density at radius 1 is 1.12 bits per heavy atom. The van der Waals surface area contributed by atoms with E-state index in [1.807, 2.05) is 50.2 Å². The molecule has 0 unspecified atom stereocenters. The van der Waals surface area contributed by atoms with Gasteiger partial charge >= 0.3 is 0 Å². The van der Waals surface area contributed by atoms with E-state index in [9.17, 15) is 4.79 Å². The molecule has 1 aromatic carbocycles. The second-order valence-electron chi connectivity index (χ2n) is 8.11. The summed E-state index contributed by atoms with van der Waals surface area (Å²) in [6, 6.07) is 11.7. The molecular formula is C23H30N8OS. The second kappa shape index (κ2) is 10.7. The van der Waals surface area contributed by atoms with E-state index in [2.05, 4.69) is 37.7 Å². The van der Waals surface area contributed by atoms with Gasteiger partial charge in [0.25, 0.3) is 0 Å². The number of nitrogens with one attached hydrogen (secondary N) is 3. The van der Waals surface area contributed by atoms with Crippen molar-refractivity contribution in [1.82, 2.24) is 25.1 Å². The lowest BCUT2D eigenvalue weighted by Gasteiger charge is -2.22. The van der Waals surface area contributed by atoms with Crippen molar-refractivity contribution in [2.24, 2.45) is 0 Å². The van der Waals surface area contributed by atoms with Crippen molar-refractivity contribution in [3.63, 3.8) is 0 Å². The van der Waals surface area contributed by atoms with Crippen LogP contribution in [-0.2, 0) is 4.79 Å². The predicted molar refractivity (Wildman–Crippen MR) is 132 cm³/mol. The summed E-state index contributed by atoms with van der Waals surface area (Å²) in [7, 11) is 2.16. The maximum Gasteiger partial charge on any atom is 0.224 e. The zero-order chi connectivity index (χ0) is 23.2. The highest BCUT2D eigenvalue weighted by atomic mass is 32.2. The van der Waals surface area contributed by atoms with E-state index in [1.54, 1.807) is 0 Å². The minimum absolute atomic E-state index is 0.000656. The maximum atomic E-state index is 11.6. The first-order valence-corrected chi connectivity index (χ1v) is 12.0. The lowest BCUT2D eigenvalue weighted by molar-refractivity contribution is -0.115. The maximum absolute atomic E-state index is 11.6. The molecule has 0 atom stereocenters. The molecule has 1 fully saturated rings. The first-order chi connectivity index (χ1) is 16.0. The van der Waals surface area contributed by atoms with Gasteiger partial charge < -0.3 is 20.4 Å². The van der Waals surface area contributed by atoms with Gasteiger partial charge in [-0.2, -0.15) is 5.10 Å². The Kier molecular flexibility index (Phi) is 7.46. The van der Waals surface area contributed by atoms with Crippen LogP contribution in [0.1, 0.15) is 25.5 Å². The van der Waals surface area contributed by atoms with Gasteiger partial charge in [0.2, 0.25) is 5.91 Å². The number of carbonyl (C=O) groups excluding carboxylic acids is 1. The average molecular weight is 467 g/mol. The molecule has 10 heteroatoms. The Labute approximate surface area is 198 Å². The fourth-order valence-corrected chi connectivity index (χ4v) is 4.31. The topological polar surface area (TPSA) is 102 Å². The molecule has 1 saturated heterocycles. The van der Waals surface area contributed by atoms with E-state index >= 15 is 0 Å². The van der Waals surface area contributed by atoms with Crippen LogP contribution in [0.15, 0.2) is 46.5 Å². The largest absolute Gasteiger partial charge is 0.355 e. The minimum atomic E-state index is -0.000656. The molecule has 3 aromatic rings. The number of hydrogen-bond donors (Lipinski definition) is 3. The zero-order valence-electron chi connectivity index (χ0n) is 19.3. The van der Waals surface area contributed by atoms with Crippen LogP contribution in [0.5, 0.6) is 0 Å². The second-order valence-corrected chi connectivity index (χ2v) is 9.15. The third-order valence-corrected chi connectivity index (χ3v) is 6.25. The molecule has 1 amide bonds. The highest BCUT2D eigenvalue weighted by Gasteiger charge is 2.17. The lowest BCUT2D eigenvalue weighted by atomic mass is 10.3. The Hall–Kier alpha value is -3.11. The van der Waals surface area contributed by atoms with E-state index in [0.717, 1.165) is 66.3 Å². The van der Waals surface area contributed by atoms with Crippen LogP contribution < -0.4 is 15.5 Å². The van der Waals surface area contributed by atoms with Gasteiger partial charge in [-0.15, -0.1) is 0 Å². The normalized spacial score (nSPS) is 14.7. The van der Waals surface area contributed by atoms with Crippen LogP contribution >= 0.6 is 11.8 Å². The number of benzene rings is 1. The number of H-pyrrole nitrogens is 1. The molecule has 2 aromatic heterocycles. The number of aromatic amines is 1. The quantitative estimate of drug-likeness (QED) is 0.451. The number of amides is 1.